The summed E-state index contributed by atoms with van der Waals surface area (Å²) in [7, 11) is 0. The Kier molecular flexibility index (Phi) is 4.23. The number of nitrogens with one attached hydrogen (secondary N) is 1. The molecule has 1 N–H and O–H groups in total. The van der Waals surface area contributed by atoms with E-state index in [1.165, 1.54) is 17.0 Å². The lowest BCUT2D eigenvalue weighted by atomic mass is 10.1. The number of anilines is 1. The summed E-state index contributed by atoms with van der Waals surface area (Å²) in [5.74, 6) is -0.714. The molecule has 2 amide bonds. The molecule has 2 aliphatic heterocycles. The summed E-state index contributed by atoms with van der Waals surface area (Å²) in [6.07, 6.45) is 1.66. The minimum absolute atomic E-state index is 0.108. The first-order valence-electron chi connectivity index (χ1n) is 7.40. The van der Waals surface area contributed by atoms with E-state index in [1.54, 1.807) is 18.2 Å². The fraction of sp³-hybridized carbons (Fsp3) is 0.312. The van der Waals surface area contributed by atoms with Crippen molar-refractivity contribution < 1.29 is 14.3 Å². The Morgan fingerprint density at radius 1 is 1.29 bits per heavy atom. The third-order valence-electron chi connectivity index (χ3n) is 3.89. The molecule has 2 aliphatic rings. The Hall–Kier alpha value is -3.23. The van der Waals surface area contributed by atoms with Crippen molar-refractivity contribution in [2.45, 2.75) is 18.9 Å². The maximum atomic E-state index is 12.5. The zero-order valence-corrected chi connectivity index (χ0v) is 12.7. The van der Waals surface area contributed by atoms with Gasteiger partial charge in [-0.1, -0.05) is 0 Å². The van der Waals surface area contributed by atoms with Gasteiger partial charge in [0, 0.05) is 6.61 Å². The van der Waals surface area contributed by atoms with Crippen LogP contribution in [0.1, 0.15) is 33.6 Å². The highest BCUT2D eigenvalue weighted by molar-refractivity contribution is 6.21. The Morgan fingerprint density at radius 2 is 2.04 bits per heavy atom. The predicted molar refractivity (Wildman–Crippen MR) is 83.1 cm³/mol. The van der Waals surface area contributed by atoms with Crippen molar-refractivity contribution in [3.8, 4) is 12.1 Å². The average Bonchev–Trinajstić information content (AvgIpc) is 3.19. The molecular weight excluding hydrogens is 310 g/mol. The standard InChI is InChI=1S/C16H13N5O3/c17-7-11(8-18)20-19-10-3-4-13-14(6-10)16(23)21(15(13)22)9-12-2-1-5-24-12/h3-4,6,12,19H,1-2,5,9H2. The van der Waals surface area contributed by atoms with Gasteiger partial charge in [-0.25, -0.2) is 0 Å². The molecule has 120 valence electrons. The minimum atomic E-state index is -0.376. The van der Waals surface area contributed by atoms with Crippen LogP contribution in [0.5, 0.6) is 0 Å². The number of nitrogens with zero attached hydrogens (tertiary/aromatic N) is 4. The Morgan fingerprint density at radius 3 is 2.71 bits per heavy atom. The molecule has 1 saturated heterocycles. The molecule has 8 nitrogen and oxygen atoms in total. The largest absolute Gasteiger partial charge is 0.376 e. The van der Waals surface area contributed by atoms with Gasteiger partial charge in [0.1, 0.15) is 12.1 Å². The average molecular weight is 323 g/mol. The molecule has 0 bridgehead atoms. The number of benzene rings is 1. The van der Waals surface area contributed by atoms with Gasteiger partial charge in [0.05, 0.1) is 29.5 Å². The van der Waals surface area contributed by atoms with Crippen LogP contribution in [0.4, 0.5) is 5.69 Å². The lowest BCUT2D eigenvalue weighted by molar-refractivity contribution is 0.0475. The summed E-state index contributed by atoms with van der Waals surface area (Å²) in [6, 6.07) is 7.82. The van der Waals surface area contributed by atoms with Crippen LogP contribution in [-0.2, 0) is 4.74 Å². The van der Waals surface area contributed by atoms with Crippen LogP contribution in [0.3, 0.4) is 0 Å². The van der Waals surface area contributed by atoms with Crippen LogP contribution < -0.4 is 5.43 Å². The van der Waals surface area contributed by atoms with Gasteiger partial charge in [0.2, 0.25) is 5.71 Å². The van der Waals surface area contributed by atoms with Crippen molar-refractivity contribution in [1.82, 2.24) is 4.90 Å². The van der Waals surface area contributed by atoms with Crippen LogP contribution in [0, 0.1) is 22.7 Å². The summed E-state index contributed by atoms with van der Waals surface area (Å²) in [5, 5.41) is 20.9. The van der Waals surface area contributed by atoms with Crippen molar-refractivity contribution in [2.24, 2.45) is 5.10 Å². The van der Waals surface area contributed by atoms with Crippen LogP contribution >= 0.6 is 0 Å². The van der Waals surface area contributed by atoms with Gasteiger partial charge < -0.3 is 4.74 Å². The van der Waals surface area contributed by atoms with Crippen LogP contribution in [0.25, 0.3) is 0 Å². The molecule has 0 radical (unpaired) electrons. The Bertz CT molecular complexity index is 796. The lowest BCUT2D eigenvalue weighted by Gasteiger charge is -2.17. The van der Waals surface area contributed by atoms with Crippen LogP contribution in [-0.4, -0.2) is 41.7 Å². The fourth-order valence-corrected chi connectivity index (χ4v) is 2.71. The molecule has 2 heterocycles. The van der Waals surface area contributed by atoms with Gasteiger partial charge in [-0.05, 0) is 31.0 Å². The number of nitriles is 2. The molecule has 8 heteroatoms. The molecule has 3 rings (SSSR count). The maximum absolute atomic E-state index is 12.5. The number of hydrogen-bond donors (Lipinski definition) is 1. The number of fused-ring (bicyclic) bond motifs is 1. The van der Waals surface area contributed by atoms with E-state index in [-0.39, 0.29) is 35.7 Å². The Labute approximate surface area is 137 Å². The molecule has 1 unspecified atom stereocenters. The van der Waals surface area contributed by atoms with Crippen LogP contribution in [0.2, 0.25) is 0 Å². The highest BCUT2D eigenvalue weighted by Crippen LogP contribution is 2.27. The molecule has 0 aromatic heterocycles. The third kappa shape index (κ3) is 2.83. The first kappa shape index (κ1) is 15.7. The zero-order valence-electron chi connectivity index (χ0n) is 12.7. The molecule has 1 aromatic rings. The summed E-state index contributed by atoms with van der Waals surface area (Å²) in [4.78, 5) is 26.1. The minimum Gasteiger partial charge on any atom is -0.376 e. The van der Waals surface area contributed by atoms with Crippen molar-refractivity contribution in [2.75, 3.05) is 18.6 Å². The van der Waals surface area contributed by atoms with Crippen molar-refractivity contribution >= 4 is 23.2 Å². The summed E-state index contributed by atoms with van der Waals surface area (Å²) in [6.45, 7) is 0.903. The summed E-state index contributed by atoms with van der Waals surface area (Å²) in [5.41, 5.74) is 3.21. The second-order valence-corrected chi connectivity index (χ2v) is 5.41. The first-order valence-corrected chi connectivity index (χ1v) is 7.40. The van der Waals surface area contributed by atoms with Crippen LogP contribution in [0.15, 0.2) is 23.3 Å². The highest BCUT2D eigenvalue weighted by atomic mass is 16.5. The predicted octanol–water partition coefficient (Wildman–Crippen LogP) is 1.28. The number of hydrazone groups is 1. The maximum Gasteiger partial charge on any atom is 0.261 e. The molecule has 0 saturated carbocycles. The van der Waals surface area contributed by atoms with Crippen molar-refractivity contribution in [3.63, 3.8) is 0 Å². The number of amides is 2. The summed E-state index contributed by atoms with van der Waals surface area (Å²) < 4.78 is 5.49. The first-order chi connectivity index (χ1) is 11.6. The van der Waals surface area contributed by atoms with E-state index in [1.807, 2.05) is 0 Å². The molecular formula is C16H13N5O3. The normalized spacial score (nSPS) is 18.8. The number of imide groups is 1. The van der Waals surface area contributed by atoms with Gasteiger partial charge >= 0.3 is 0 Å². The monoisotopic (exact) mass is 323 g/mol. The van der Waals surface area contributed by atoms with Gasteiger partial charge in [0.15, 0.2) is 0 Å². The van der Waals surface area contributed by atoms with Gasteiger partial charge in [-0.3, -0.25) is 19.9 Å². The number of hydrogen-bond acceptors (Lipinski definition) is 7. The SMILES string of the molecule is N#CC(C#N)=NNc1ccc2c(c1)C(=O)N(CC1CCCO1)C2=O. The van der Waals surface area contributed by atoms with Gasteiger partial charge in [0.25, 0.3) is 11.8 Å². The van der Waals surface area contributed by atoms with E-state index in [9.17, 15) is 9.59 Å². The summed E-state index contributed by atoms with van der Waals surface area (Å²) >= 11 is 0. The van der Waals surface area contributed by atoms with Crippen molar-refractivity contribution in [3.05, 3.63) is 29.3 Å². The highest BCUT2D eigenvalue weighted by Gasteiger charge is 2.37. The smallest absolute Gasteiger partial charge is 0.261 e. The quantitative estimate of drug-likeness (QED) is 0.506. The molecule has 1 aromatic carbocycles. The second kappa shape index (κ2) is 6.49. The number of ether oxygens (including phenoxy) is 1. The molecule has 1 fully saturated rings. The zero-order chi connectivity index (χ0) is 17.1. The lowest BCUT2D eigenvalue weighted by Crippen LogP contribution is -2.36. The van der Waals surface area contributed by atoms with E-state index in [2.05, 4.69) is 10.5 Å². The van der Waals surface area contributed by atoms with E-state index >= 15 is 0 Å². The van der Waals surface area contributed by atoms with Crippen molar-refractivity contribution in [1.29, 1.82) is 10.5 Å². The number of rotatable bonds is 4. The van der Waals surface area contributed by atoms with E-state index in [0.717, 1.165) is 12.8 Å². The van der Waals surface area contributed by atoms with E-state index in [0.29, 0.717) is 17.9 Å². The number of carbonyl (C=O) groups is 2. The van der Waals surface area contributed by atoms with Gasteiger partial charge in [-0.2, -0.15) is 15.6 Å². The topological polar surface area (TPSA) is 119 Å². The fourth-order valence-electron chi connectivity index (χ4n) is 2.71. The second-order valence-electron chi connectivity index (χ2n) is 5.41. The Balaban J connectivity index is 1.80. The molecule has 0 spiro atoms. The molecule has 24 heavy (non-hydrogen) atoms. The number of carbonyl (C=O) groups excluding carboxylic acids is 2. The molecule has 1 atom stereocenters. The third-order valence-corrected chi connectivity index (χ3v) is 3.89. The van der Waals surface area contributed by atoms with E-state index < -0.39 is 0 Å². The van der Waals surface area contributed by atoms with Gasteiger partial charge in [-0.15, -0.1) is 0 Å². The molecule has 0 aliphatic carbocycles. The van der Waals surface area contributed by atoms with E-state index in [4.69, 9.17) is 15.3 Å².